The molecule has 0 bridgehead atoms. The van der Waals surface area contributed by atoms with Gasteiger partial charge in [0.25, 0.3) is 0 Å². The Labute approximate surface area is 178 Å². The highest BCUT2D eigenvalue weighted by Crippen LogP contribution is 2.32. The molecule has 1 aromatic heterocycles. The molecule has 0 unspecified atom stereocenters. The minimum absolute atomic E-state index is 0.0121. The van der Waals surface area contributed by atoms with E-state index in [1.54, 1.807) is 30.3 Å². The van der Waals surface area contributed by atoms with Gasteiger partial charge in [0.1, 0.15) is 35.5 Å². The molecule has 1 aliphatic rings. The fourth-order valence-corrected chi connectivity index (χ4v) is 3.73. The highest BCUT2D eigenvalue weighted by Gasteiger charge is 2.22. The van der Waals surface area contributed by atoms with Crippen molar-refractivity contribution in [1.82, 2.24) is 4.90 Å². The average molecular weight is 427 g/mol. The first-order valence-electron chi connectivity index (χ1n) is 10.2. The smallest absolute Gasteiger partial charge is 0.303 e. The minimum atomic E-state index is -0.792. The third kappa shape index (κ3) is 5.11. The lowest BCUT2D eigenvalue weighted by Gasteiger charge is -2.25. The van der Waals surface area contributed by atoms with E-state index in [9.17, 15) is 13.6 Å². The Bertz CT molecular complexity index is 1080. The van der Waals surface area contributed by atoms with Gasteiger partial charge in [-0.05, 0) is 37.2 Å². The first-order chi connectivity index (χ1) is 15.0. The molecule has 31 heavy (non-hydrogen) atoms. The summed E-state index contributed by atoms with van der Waals surface area (Å²) in [5, 5.41) is 8.78. The molecule has 5 nitrogen and oxygen atoms in total. The molecule has 2 aromatic carbocycles. The molecule has 0 saturated heterocycles. The molecule has 0 fully saturated rings. The van der Waals surface area contributed by atoms with Crippen LogP contribution in [0, 0.1) is 11.6 Å². The van der Waals surface area contributed by atoms with Gasteiger partial charge in [0.05, 0.1) is 5.56 Å². The van der Waals surface area contributed by atoms with Crippen molar-refractivity contribution >= 4 is 5.97 Å². The summed E-state index contributed by atoms with van der Waals surface area (Å²) in [6.07, 6.45) is 1.45. The summed E-state index contributed by atoms with van der Waals surface area (Å²) in [4.78, 5) is 12.9. The van der Waals surface area contributed by atoms with Crippen molar-refractivity contribution in [3.63, 3.8) is 0 Å². The van der Waals surface area contributed by atoms with E-state index in [0.29, 0.717) is 48.6 Å². The van der Waals surface area contributed by atoms with Gasteiger partial charge in [-0.3, -0.25) is 9.69 Å². The number of ether oxygens (including phenoxy) is 1. The van der Waals surface area contributed by atoms with Gasteiger partial charge in [-0.25, -0.2) is 8.78 Å². The SMILES string of the molecule is O=C(O)CCCN1CCc2oc(-c3ccc(OCc4ccccc4F)cc3F)cc2C1. The number of rotatable bonds is 8. The molecule has 0 spiro atoms. The number of halogens is 2. The van der Waals surface area contributed by atoms with Gasteiger partial charge in [0, 0.05) is 43.1 Å². The van der Waals surface area contributed by atoms with Crippen LogP contribution in [-0.4, -0.2) is 29.1 Å². The van der Waals surface area contributed by atoms with Crippen molar-refractivity contribution in [2.75, 3.05) is 13.1 Å². The van der Waals surface area contributed by atoms with Crippen molar-refractivity contribution < 1.29 is 27.8 Å². The van der Waals surface area contributed by atoms with E-state index in [0.717, 1.165) is 17.9 Å². The molecule has 7 heteroatoms. The molecule has 0 amide bonds. The van der Waals surface area contributed by atoms with Crippen LogP contribution in [0.5, 0.6) is 5.75 Å². The lowest BCUT2D eigenvalue weighted by molar-refractivity contribution is -0.137. The third-order valence-corrected chi connectivity index (χ3v) is 5.37. The number of hydrogen-bond acceptors (Lipinski definition) is 4. The maximum absolute atomic E-state index is 14.7. The van der Waals surface area contributed by atoms with E-state index in [1.165, 1.54) is 12.1 Å². The van der Waals surface area contributed by atoms with Gasteiger partial charge in [-0.2, -0.15) is 0 Å². The van der Waals surface area contributed by atoms with Crippen molar-refractivity contribution in [2.24, 2.45) is 0 Å². The number of carboxylic acids is 1. The fraction of sp³-hybridized carbons (Fsp3) is 0.292. The summed E-state index contributed by atoms with van der Waals surface area (Å²) < 4.78 is 39.9. The summed E-state index contributed by atoms with van der Waals surface area (Å²) >= 11 is 0. The van der Waals surface area contributed by atoms with Gasteiger partial charge in [0.2, 0.25) is 0 Å². The molecule has 2 heterocycles. The zero-order chi connectivity index (χ0) is 21.8. The lowest BCUT2D eigenvalue weighted by Crippen LogP contribution is -2.30. The van der Waals surface area contributed by atoms with Gasteiger partial charge < -0.3 is 14.3 Å². The summed E-state index contributed by atoms with van der Waals surface area (Å²) in [5.41, 5.74) is 1.74. The van der Waals surface area contributed by atoms with Gasteiger partial charge >= 0.3 is 5.97 Å². The Morgan fingerprint density at radius 3 is 2.74 bits per heavy atom. The fourth-order valence-electron chi connectivity index (χ4n) is 3.73. The molecular weight excluding hydrogens is 404 g/mol. The zero-order valence-electron chi connectivity index (χ0n) is 16.9. The molecule has 1 N–H and O–H groups in total. The van der Waals surface area contributed by atoms with E-state index in [-0.39, 0.29) is 18.8 Å². The Kier molecular flexibility index (Phi) is 6.32. The van der Waals surface area contributed by atoms with Crippen LogP contribution in [0.4, 0.5) is 8.78 Å². The summed E-state index contributed by atoms with van der Waals surface area (Å²) in [6, 6.07) is 12.7. The molecule has 0 aliphatic carbocycles. The van der Waals surface area contributed by atoms with E-state index >= 15 is 0 Å². The number of hydrogen-bond donors (Lipinski definition) is 1. The van der Waals surface area contributed by atoms with Crippen molar-refractivity contribution in [2.45, 2.75) is 32.4 Å². The molecule has 0 radical (unpaired) electrons. The van der Waals surface area contributed by atoms with Crippen LogP contribution in [-0.2, 0) is 24.4 Å². The van der Waals surface area contributed by atoms with Crippen LogP contribution in [0.25, 0.3) is 11.3 Å². The minimum Gasteiger partial charge on any atom is -0.489 e. The van der Waals surface area contributed by atoms with Crippen molar-refractivity contribution in [3.8, 4) is 17.1 Å². The van der Waals surface area contributed by atoms with Crippen LogP contribution >= 0.6 is 0 Å². The quantitative estimate of drug-likeness (QED) is 0.547. The Morgan fingerprint density at radius 2 is 1.97 bits per heavy atom. The summed E-state index contributed by atoms with van der Waals surface area (Å²) in [6.45, 7) is 2.15. The number of aliphatic carboxylic acids is 1. The Morgan fingerprint density at radius 1 is 1.13 bits per heavy atom. The first kappa shape index (κ1) is 21.1. The number of fused-ring (bicyclic) bond motifs is 1. The summed E-state index contributed by atoms with van der Waals surface area (Å²) in [7, 11) is 0. The van der Waals surface area contributed by atoms with E-state index in [4.69, 9.17) is 14.3 Å². The van der Waals surface area contributed by atoms with Crippen molar-refractivity contribution in [1.29, 1.82) is 0 Å². The topological polar surface area (TPSA) is 62.9 Å². The largest absolute Gasteiger partial charge is 0.489 e. The maximum atomic E-state index is 14.7. The number of carboxylic acid groups (broad SMARTS) is 1. The molecule has 0 saturated carbocycles. The van der Waals surface area contributed by atoms with Crippen molar-refractivity contribution in [3.05, 3.63) is 77.1 Å². The molecule has 0 atom stereocenters. The Hall–Kier alpha value is -3.19. The zero-order valence-corrected chi connectivity index (χ0v) is 16.9. The number of furan rings is 1. The Balaban J connectivity index is 1.42. The molecule has 3 aromatic rings. The van der Waals surface area contributed by atoms with Gasteiger partial charge in [0.15, 0.2) is 0 Å². The molecular formula is C24H23F2NO4. The second-order valence-corrected chi connectivity index (χ2v) is 7.60. The predicted molar refractivity (Wildman–Crippen MR) is 111 cm³/mol. The highest BCUT2D eigenvalue weighted by atomic mass is 19.1. The predicted octanol–water partition coefficient (Wildman–Crippen LogP) is 5.03. The third-order valence-electron chi connectivity index (χ3n) is 5.37. The second kappa shape index (κ2) is 9.31. The van der Waals surface area contributed by atoms with E-state index in [2.05, 4.69) is 4.90 Å². The average Bonchev–Trinajstić information content (AvgIpc) is 3.16. The van der Waals surface area contributed by atoms with Crippen LogP contribution in [0.15, 0.2) is 52.9 Å². The monoisotopic (exact) mass is 427 g/mol. The number of benzene rings is 2. The molecule has 1 aliphatic heterocycles. The molecule has 162 valence electrons. The lowest BCUT2D eigenvalue weighted by atomic mass is 10.1. The normalized spacial score (nSPS) is 13.7. The number of carbonyl (C=O) groups is 1. The van der Waals surface area contributed by atoms with Gasteiger partial charge in [-0.1, -0.05) is 18.2 Å². The van der Waals surface area contributed by atoms with E-state index in [1.807, 2.05) is 6.07 Å². The molecule has 4 rings (SSSR count). The summed E-state index contributed by atoms with van der Waals surface area (Å²) in [5.74, 6) is -0.0296. The van der Waals surface area contributed by atoms with E-state index < -0.39 is 11.8 Å². The highest BCUT2D eigenvalue weighted by molar-refractivity contribution is 5.66. The standard InChI is InChI=1S/C24H23F2NO4/c25-20-5-2-1-4-16(20)15-30-18-7-8-19(21(26)13-18)23-12-17-14-27(10-3-6-24(28)29)11-9-22(17)31-23/h1-2,4-5,7-8,12-13H,3,6,9-11,14-15H2,(H,28,29). The van der Waals surface area contributed by atoms with Gasteiger partial charge in [-0.15, -0.1) is 0 Å². The van der Waals surface area contributed by atoms with Crippen LogP contribution < -0.4 is 4.74 Å². The maximum Gasteiger partial charge on any atom is 0.303 e. The first-order valence-corrected chi connectivity index (χ1v) is 10.2. The van der Waals surface area contributed by atoms with Crippen LogP contribution in [0.3, 0.4) is 0 Å². The van der Waals surface area contributed by atoms with Crippen LogP contribution in [0.1, 0.15) is 29.7 Å². The number of nitrogens with zero attached hydrogens (tertiary/aromatic N) is 1. The van der Waals surface area contributed by atoms with Crippen LogP contribution in [0.2, 0.25) is 0 Å². The second-order valence-electron chi connectivity index (χ2n) is 7.60.